The molecule has 2 rings (SSSR count). The Morgan fingerprint density at radius 3 is 2.95 bits per heavy atom. The Labute approximate surface area is 127 Å². The van der Waals surface area contributed by atoms with Gasteiger partial charge in [0.05, 0.1) is 0 Å². The van der Waals surface area contributed by atoms with Crippen LogP contribution in [0.4, 0.5) is 4.79 Å². The highest BCUT2D eigenvalue weighted by Gasteiger charge is 2.28. The number of urea groups is 1. The molecule has 0 saturated carbocycles. The SMILES string of the molecule is O=C(O)C(NC(=O)N1CCCC(CCO)C1)c1cccs1. The van der Waals surface area contributed by atoms with Crippen molar-refractivity contribution >= 4 is 23.3 Å². The number of piperidine rings is 1. The van der Waals surface area contributed by atoms with Crippen molar-refractivity contribution in [3.8, 4) is 0 Å². The number of thiophene rings is 1. The number of carbonyl (C=O) groups is 2. The van der Waals surface area contributed by atoms with Gasteiger partial charge in [-0.05, 0) is 36.6 Å². The first-order valence-electron chi connectivity index (χ1n) is 7.04. The van der Waals surface area contributed by atoms with Crippen molar-refractivity contribution in [2.24, 2.45) is 5.92 Å². The molecule has 2 heterocycles. The van der Waals surface area contributed by atoms with E-state index in [4.69, 9.17) is 5.11 Å². The molecule has 1 aromatic heterocycles. The fourth-order valence-corrected chi connectivity index (χ4v) is 3.36. The Balaban J connectivity index is 1.97. The number of carboxylic acids is 1. The Morgan fingerprint density at radius 2 is 2.33 bits per heavy atom. The number of nitrogens with one attached hydrogen (secondary N) is 1. The molecule has 0 aliphatic carbocycles. The molecule has 1 fully saturated rings. The highest BCUT2D eigenvalue weighted by Crippen LogP contribution is 2.22. The van der Waals surface area contributed by atoms with Crippen LogP contribution in [0, 0.1) is 5.92 Å². The fraction of sp³-hybridized carbons (Fsp3) is 0.571. The van der Waals surface area contributed by atoms with Crippen LogP contribution in [0.15, 0.2) is 17.5 Å². The number of amides is 2. The van der Waals surface area contributed by atoms with Gasteiger partial charge in [-0.2, -0.15) is 0 Å². The molecule has 0 aromatic carbocycles. The lowest BCUT2D eigenvalue weighted by atomic mass is 9.95. The van der Waals surface area contributed by atoms with Gasteiger partial charge in [0.15, 0.2) is 6.04 Å². The summed E-state index contributed by atoms with van der Waals surface area (Å²) < 4.78 is 0. The van der Waals surface area contributed by atoms with Gasteiger partial charge in [0.2, 0.25) is 0 Å². The van der Waals surface area contributed by atoms with Crippen LogP contribution >= 0.6 is 11.3 Å². The minimum atomic E-state index is -1.06. The average Bonchev–Trinajstić information content (AvgIpc) is 2.98. The molecule has 0 bridgehead atoms. The predicted octanol–water partition coefficient (Wildman–Crippen LogP) is 1.68. The van der Waals surface area contributed by atoms with Crippen molar-refractivity contribution in [2.75, 3.05) is 19.7 Å². The van der Waals surface area contributed by atoms with Gasteiger partial charge in [-0.25, -0.2) is 9.59 Å². The van der Waals surface area contributed by atoms with E-state index in [1.54, 1.807) is 22.4 Å². The number of hydrogen-bond acceptors (Lipinski definition) is 4. The van der Waals surface area contributed by atoms with Crippen LogP contribution in [-0.2, 0) is 4.79 Å². The third kappa shape index (κ3) is 4.18. The minimum Gasteiger partial charge on any atom is -0.479 e. The van der Waals surface area contributed by atoms with E-state index in [2.05, 4.69) is 5.32 Å². The molecule has 2 amide bonds. The van der Waals surface area contributed by atoms with Crippen LogP contribution < -0.4 is 5.32 Å². The number of aliphatic hydroxyl groups excluding tert-OH is 1. The largest absolute Gasteiger partial charge is 0.479 e. The molecule has 6 nitrogen and oxygen atoms in total. The number of aliphatic hydroxyl groups is 1. The van der Waals surface area contributed by atoms with Crippen molar-refractivity contribution < 1.29 is 19.8 Å². The smallest absolute Gasteiger partial charge is 0.331 e. The van der Waals surface area contributed by atoms with Gasteiger partial charge in [0.1, 0.15) is 0 Å². The van der Waals surface area contributed by atoms with E-state index in [0.717, 1.165) is 12.8 Å². The topological polar surface area (TPSA) is 89.9 Å². The van der Waals surface area contributed by atoms with E-state index in [0.29, 0.717) is 30.3 Å². The summed E-state index contributed by atoms with van der Waals surface area (Å²) in [6, 6.07) is 2.11. The molecule has 21 heavy (non-hydrogen) atoms. The molecule has 1 aromatic rings. The Hall–Kier alpha value is -1.60. The number of aliphatic carboxylic acids is 1. The molecule has 2 unspecified atom stereocenters. The Morgan fingerprint density at radius 1 is 1.52 bits per heavy atom. The first-order chi connectivity index (χ1) is 10.1. The van der Waals surface area contributed by atoms with Gasteiger partial charge in [-0.3, -0.25) is 0 Å². The molecule has 116 valence electrons. The second-order valence-corrected chi connectivity index (χ2v) is 6.18. The van der Waals surface area contributed by atoms with Crippen LogP contribution in [-0.4, -0.2) is 46.8 Å². The van der Waals surface area contributed by atoms with Gasteiger partial charge in [0, 0.05) is 24.6 Å². The lowest BCUT2D eigenvalue weighted by Gasteiger charge is -2.33. The number of likely N-dealkylation sites (tertiary alicyclic amines) is 1. The molecule has 3 N–H and O–H groups in total. The fourth-order valence-electron chi connectivity index (χ4n) is 2.59. The summed E-state index contributed by atoms with van der Waals surface area (Å²) in [6.45, 7) is 1.32. The number of carboxylic acid groups (broad SMARTS) is 1. The summed E-state index contributed by atoms with van der Waals surface area (Å²) in [5, 5.41) is 22.6. The van der Waals surface area contributed by atoms with Crippen LogP contribution in [0.2, 0.25) is 0 Å². The van der Waals surface area contributed by atoms with Crippen molar-refractivity contribution in [3.05, 3.63) is 22.4 Å². The monoisotopic (exact) mass is 312 g/mol. The quantitative estimate of drug-likeness (QED) is 0.771. The molecule has 1 aliphatic rings. The highest BCUT2D eigenvalue weighted by molar-refractivity contribution is 7.10. The van der Waals surface area contributed by atoms with Crippen molar-refractivity contribution in [1.29, 1.82) is 0 Å². The summed E-state index contributed by atoms with van der Waals surface area (Å²) in [5.74, 6) is -0.769. The Kier molecular flexibility index (Phi) is 5.58. The summed E-state index contributed by atoms with van der Waals surface area (Å²) in [7, 11) is 0. The molecule has 1 saturated heterocycles. The third-order valence-electron chi connectivity index (χ3n) is 3.69. The second-order valence-electron chi connectivity index (χ2n) is 5.20. The lowest BCUT2D eigenvalue weighted by molar-refractivity contribution is -0.139. The molecule has 2 atom stereocenters. The van der Waals surface area contributed by atoms with E-state index < -0.39 is 12.0 Å². The maximum Gasteiger partial charge on any atom is 0.331 e. The summed E-state index contributed by atoms with van der Waals surface area (Å²) in [5.41, 5.74) is 0. The van der Waals surface area contributed by atoms with Crippen molar-refractivity contribution in [2.45, 2.75) is 25.3 Å². The van der Waals surface area contributed by atoms with Crippen molar-refractivity contribution in [1.82, 2.24) is 10.2 Å². The van der Waals surface area contributed by atoms with Gasteiger partial charge >= 0.3 is 12.0 Å². The maximum atomic E-state index is 12.3. The summed E-state index contributed by atoms with van der Waals surface area (Å²) in [6.07, 6.45) is 2.56. The van der Waals surface area contributed by atoms with E-state index in [1.807, 2.05) is 0 Å². The normalized spacial score (nSPS) is 20.0. The van der Waals surface area contributed by atoms with Crippen LogP contribution in [0.25, 0.3) is 0 Å². The second kappa shape index (κ2) is 7.42. The lowest BCUT2D eigenvalue weighted by Crippen LogP contribution is -2.47. The zero-order chi connectivity index (χ0) is 15.2. The number of rotatable bonds is 5. The van der Waals surface area contributed by atoms with Gasteiger partial charge in [-0.1, -0.05) is 6.07 Å². The minimum absolute atomic E-state index is 0.118. The van der Waals surface area contributed by atoms with Crippen LogP contribution in [0.3, 0.4) is 0 Å². The molecule has 0 radical (unpaired) electrons. The van der Waals surface area contributed by atoms with E-state index in [-0.39, 0.29) is 12.6 Å². The first-order valence-corrected chi connectivity index (χ1v) is 7.92. The summed E-state index contributed by atoms with van der Waals surface area (Å²) in [4.78, 5) is 25.8. The standard InChI is InChI=1S/C14H20N2O4S/c17-7-5-10-3-1-6-16(9-10)14(20)15-12(13(18)19)11-4-2-8-21-11/h2,4,8,10,12,17H,1,3,5-7,9H2,(H,15,20)(H,18,19). The zero-order valence-electron chi connectivity index (χ0n) is 11.7. The van der Waals surface area contributed by atoms with E-state index in [9.17, 15) is 14.7 Å². The molecular weight excluding hydrogens is 292 g/mol. The van der Waals surface area contributed by atoms with Crippen molar-refractivity contribution in [3.63, 3.8) is 0 Å². The number of nitrogens with zero attached hydrogens (tertiary/aromatic N) is 1. The zero-order valence-corrected chi connectivity index (χ0v) is 12.5. The van der Waals surface area contributed by atoms with Crippen LogP contribution in [0.1, 0.15) is 30.2 Å². The average molecular weight is 312 g/mol. The molecule has 7 heteroatoms. The third-order valence-corrected chi connectivity index (χ3v) is 4.62. The first kappa shape index (κ1) is 15.8. The maximum absolute atomic E-state index is 12.3. The van der Waals surface area contributed by atoms with E-state index >= 15 is 0 Å². The van der Waals surface area contributed by atoms with Gasteiger partial charge in [-0.15, -0.1) is 11.3 Å². The number of carbonyl (C=O) groups excluding carboxylic acids is 1. The Bertz CT molecular complexity index is 475. The molecular formula is C14H20N2O4S. The van der Waals surface area contributed by atoms with E-state index in [1.165, 1.54) is 11.3 Å². The highest BCUT2D eigenvalue weighted by atomic mass is 32.1. The molecule has 0 spiro atoms. The predicted molar refractivity (Wildman–Crippen MR) is 79.2 cm³/mol. The van der Waals surface area contributed by atoms with Crippen LogP contribution in [0.5, 0.6) is 0 Å². The molecule has 1 aliphatic heterocycles. The van der Waals surface area contributed by atoms with Gasteiger partial charge in [0.25, 0.3) is 0 Å². The van der Waals surface area contributed by atoms with Gasteiger partial charge < -0.3 is 20.4 Å². The number of hydrogen-bond donors (Lipinski definition) is 3. The summed E-state index contributed by atoms with van der Waals surface area (Å²) >= 11 is 1.31.